The van der Waals surface area contributed by atoms with Crippen LogP contribution in [-0.2, 0) is 19.7 Å². The third-order valence-corrected chi connectivity index (χ3v) is 7.19. The Balaban J connectivity index is 1.54. The van der Waals surface area contributed by atoms with Crippen LogP contribution in [0.2, 0.25) is 0 Å². The van der Waals surface area contributed by atoms with Gasteiger partial charge in [0.1, 0.15) is 22.8 Å². The SMILES string of the molecule is COC(=O)C(C/C=C/C1(c2cccc3c2oc2ccccc23)C=CC=C(c2ccccc2)C1)NC(=O)OC(C)(C)C. The van der Waals surface area contributed by atoms with E-state index in [9.17, 15) is 9.59 Å². The van der Waals surface area contributed by atoms with Crippen LogP contribution in [-0.4, -0.2) is 30.8 Å². The summed E-state index contributed by atoms with van der Waals surface area (Å²) < 4.78 is 16.8. The molecule has 4 aromatic rings. The highest BCUT2D eigenvalue weighted by atomic mass is 16.6. The number of rotatable bonds is 7. The number of amides is 1. The Labute approximate surface area is 240 Å². The van der Waals surface area contributed by atoms with E-state index < -0.39 is 29.1 Å². The lowest BCUT2D eigenvalue weighted by molar-refractivity contribution is -0.143. The van der Waals surface area contributed by atoms with Crippen molar-refractivity contribution in [2.45, 2.75) is 50.7 Å². The third-order valence-electron chi connectivity index (χ3n) is 7.19. The number of ether oxygens (including phenoxy) is 2. The molecule has 5 rings (SSSR count). The number of hydrogen-bond acceptors (Lipinski definition) is 5. The van der Waals surface area contributed by atoms with Crippen molar-refractivity contribution in [2.24, 2.45) is 0 Å². The zero-order chi connectivity index (χ0) is 29.0. The quantitative estimate of drug-likeness (QED) is 0.187. The van der Waals surface area contributed by atoms with Crippen molar-refractivity contribution in [1.29, 1.82) is 0 Å². The number of benzene rings is 3. The van der Waals surface area contributed by atoms with Gasteiger partial charge in [0.25, 0.3) is 0 Å². The van der Waals surface area contributed by atoms with E-state index in [2.05, 4.69) is 66.0 Å². The maximum Gasteiger partial charge on any atom is 0.408 e. The van der Waals surface area contributed by atoms with Gasteiger partial charge in [0.15, 0.2) is 0 Å². The molecule has 0 saturated carbocycles. The van der Waals surface area contributed by atoms with Gasteiger partial charge in [-0.1, -0.05) is 97.1 Å². The molecule has 1 aromatic heterocycles. The zero-order valence-electron chi connectivity index (χ0n) is 23.8. The van der Waals surface area contributed by atoms with E-state index in [1.54, 1.807) is 20.8 Å². The lowest BCUT2D eigenvalue weighted by Gasteiger charge is -2.32. The first-order valence-corrected chi connectivity index (χ1v) is 13.8. The van der Waals surface area contributed by atoms with Crippen molar-refractivity contribution in [3.05, 3.63) is 114 Å². The lowest BCUT2D eigenvalue weighted by Crippen LogP contribution is -2.43. The van der Waals surface area contributed by atoms with Crippen LogP contribution < -0.4 is 5.32 Å². The molecular formula is C35H35NO5. The summed E-state index contributed by atoms with van der Waals surface area (Å²) in [5.41, 5.74) is 3.75. The Morgan fingerprint density at radius 1 is 1.00 bits per heavy atom. The number of carbonyl (C=O) groups is 2. The Bertz CT molecular complexity index is 1650. The maximum atomic E-state index is 12.6. The molecule has 0 spiro atoms. The van der Waals surface area contributed by atoms with Gasteiger partial charge in [0.2, 0.25) is 0 Å². The summed E-state index contributed by atoms with van der Waals surface area (Å²) in [6.45, 7) is 5.32. The molecule has 0 bridgehead atoms. The molecule has 6 nitrogen and oxygen atoms in total. The minimum absolute atomic E-state index is 0.224. The van der Waals surface area contributed by atoms with Gasteiger partial charge in [-0.2, -0.15) is 0 Å². The lowest BCUT2D eigenvalue weighted by atomic mass is 9.71. The molecule has 1 heterocycles. The molecule has 2 atom stereocenters. The molecule has 41 heavy (non-hydrogen) atoms. The summed E-state index contributed by atoms with van der Waals surface area (Å²) in [5, 5.41) is 4.78. The van der Waals surface area contributed by atoms with Crippen molar-refractivity contribution >= 4 is 39.6 Å². The van der Waals surface area contributed by atoms with Crippen LogP contribution >= 0.6 is 0 Å². The molecule has 210 valence electrons. The van der Waals surface area contributed by atoms with Gasteiger partial charge in [0.05, 0.1) is 7.11 Å². The van der Waals surface area contributed by atoms with Crippen molar-refractivity contribution in [1.82, 2.24) is 5.32 Å². The molecule has 6 heteroatoms. The minimum Gasteiger partial charge on any atom is -0.467 e. The monoisotopic (exact) mass is 549 g/mol. The van der Waals surface area contributed by atoms with E-state index >= 15 is 0 Å². The average Bonchev–Trinajstić information content (AvgIpc) is 3.35. The molecule has 1 amide bonds. The van der Waals surface area contributed by atoms with Crippen molar-refractivity contribution in [2.75, 3.05) is 7.11 Å². The van der Waals surface area contributed by atoms with Crippen molar-refractivity contribution in [3.63, 3.8) is 0 Å². The van der Waals surface area contributed by atoms with Crippen LogP contribution in [0, 0.1) is 0 Å². The maximum absolute atomic E-state index is 12.6. The standard InChI is InChI=1S/C35H35NO5/c1-34(2,3)41-33(38)36-29(32(37)39-4)19-12-22-35(21-11-15-25(23-35)24-13-6-5-7-14-24)28-18-10-17-27-26-16-8-9-20-30(26)40-31(27)28/h5-18,20-22,29H,19,23H2,1-4H3,(H,36,38)/b22-12+. The fraction of sp³-hybridized carbons (Fsp3) is 0.257. The predicted molar refractivity (Wildman–Crippen MR) is 163 cm³/mol. The van der Waals surface area contributed by atoms with E-state index in [4.69, 9.17) is 13.9 Å². The number of esters is 1. The molecule has 1 aliphatic rings. The Morgan fingerprint density at radius 2 is 1.73 bits per heavy atom. The Kier molecular flexibility index (Phi) is 7.84. The topological polar surface area (TPSA) is 77.8 Å². The van der Waals surface area contributed by atoms with Gasteiger partial charge in [-0.05, 0) is 50.8 Å². The smallest absolute Gasteiger partial charge is 0.408 e. The van der Waals surface area contributed by atoms with Crippen LogP contribution in [0.4, 0.5) is 4.79 Å². The number of carbonyl (C=O) groups excluding carboxylic acids is 2. The van der Waals surface area contributed by atoms with Gasteiger partial charge in [-0.3, -0.25) is 0 Å². The first-order valence-electron chi connectivity index (χ1n) is 13.8. The highest BCUT2D eigenvalue weighted by molar-refractivity contribution is 6.06. The fourth-order valence-corrected chi connectivity index (χ4v) is 5.34. The molecule has 3 aromatic carbocycles. The minimum atomic E-state index is -0.901. The number of furan rings is 1. The molecule has 1 N–H and O–H groups in total. The summed E-state index contributed by atoms with van der Waals surface area (Å²) in [6.07, 6.45) is 10.7. The molecule has 0 radical (unpaired) electrons. The van der Waals surface area contributed by atoms with Crippen LogP contribution in [0.15, 0.2) is 108 Å². The van der Waals surface area contributed by atoms with Crippen molar-refractivity contribution < 1.29 is 23.5 Å². The second-order valence-corrected chi connectivity index (χ2v) is 11.3. The summed E-state index contributed by atoms with van der Waals surface area (Å²) >= 11 is 0. The Morgan fingerprint density at radius 3 is 2.49 bits per heavy atom. The van der Waals surface area contributed by atoms with Crippen LogP contribution in [0.5, 0.6) is 0 Å². The normalized spacial score (nSPS) is 17.9. The predicted octanol–water partition coefficient (Wildman–Crippen LogP) is 7.88. The molecule has 0 fully saturated rings. The van der Waals surface area contributed by atoms with Gasteiger partial charge in [-0.15, -0.1) is 0 Å². The number of allylic oxidation sites excluding steroid dienone is 5. The third kappa shape index (κ3) is 6.12. The Hall–Kier alpha value is -4.58. The second kappa shape index (κ2) is 11.5. The highest BCUT2D eigenvalue weighted by Crippen LogP contribution is 2.45. The van der Waals surface area contributed by atoms with Crippen LogP contribution in [0.1, 0.15) is 44.7 Å². The van der Waals surface area contributed by atoms with Crippen molar-refractivity contribution in [3.8, 4) is 0 Å². The summed E-state index contributed by atoms with van der Waals surface area (Å²) in [7, 11) is 1.31. The number of fused-ring (bicyclic) bond motifs is 3. The first-order chi connectivity index (χ1) is 19.7. The van der Waals surface area contributed by atoms with E-state index in [0.717, 1.165) is 33.1 Å². The highest BCUT2D eigenvalue weighted by Gasteiger charge is 2.34. The molecule has 0 saturated heterocycles. The van der Waals surface area contributed by atoms with E-state index in [-0.39, 0.29) is 6.42 Å². The summed E-state index contributed by atoms with van der Waals surface area (Å²) in [5.74, 6) is -0.544. The van der Waals surface area contributed by atoms with E-state index in [0.29, 0.717) is 6.42 Å². The van der Waals surface area contributed by atoms with Gasteiger partial charge >= 0.3 is 12.1 Å². The largest absolute Gasteiger partial charge is 0.467 e. The van der Waals surface area contributed by atoms with E-state index in [1.165, 1.54) is 12.7 Å². The number of alkyl carbamates (subject to hydrolysis) is 1. The molecule has 1 aliphatic carbocycles. The summed E-state index contributed by atoms with van der Waals surface area (Å²) in [4.78, 5) is 25.1. The molecule has 0 aliphatic heterocycles. The zero-order valence-corrected chi connectivity index (χ0v) is 23.8. The van der Waals surface area contributed by atoms with Gasteiger partial charge in [0, 0.05) is 21.8 Å². The molecular weight excluding hydrogens is 514 g/mol. The van der Waals surface area contributed by atoms with Crippen LogP contribution in [0.3, 0.4) is 0 Å². The fourth-order valence-electron chi connectivity index (χ4n) is 5.34. The average molecular weight is 550 g/mol. The second-order valence-electron chi connectivity index (χ2n) is 11.3. The molecule has 2 unspecified atom stereocenters. The van der Waals surface area contributed by atoms with E-state index in [1.807, 2.05) is 42.5 Å². The van der Waals surface area contributed by atoms with Gasteiger partial charge < -0.3 is 19.2 Å². The number of methoxy groups -OCH3 is 1. The summed E-state index contributed by atoms with van der Waals surface area (Å²) in [6, 6.07) is 23.7. The van der Waals surface area contributed by atoms with Crippen LogP contribution in [0.25, 0.3) is 27.5 Å². The van der Waals surface area contributed by atoms with Gasteiger partial charge in [-0.25, -0.2) is 9.59 Å². The number of para-hydroxylation sites is 2. The number of nitrogens with one attached hydrogen (secondary N) is 1. The first kappa shape index (κ1) is 28.0. The number of hydrogen-bond donors (Lipinski definition) is 1.